The molecule has 3 rings (SSSR count). The molecule has 3 aromatic rings. The molecule has 0 saturated heterocycles. The third kappa shape index (κ3) is 6.79. The molecule has 0 spiro atoms. The van der Waals surface area contributed by atoms with E-state index in [0.717, 1.165) is 17.7 Å². The second kappa shape index (κ2) is 10.5. The molecular formula is C24H15F4IN2O2. The monoisotopic (exact) mass is 566 g/mol. The van der Waals surface area contributed by atoms with Gasteiger partial charge < -0.3 is 10.1 Å². The molecule has 0 radical (unpaired) electrons. The largest absolute Gasteiger partial charge is 0.488 e. The molecule has 0 bridgehead atoms. The fourth-order valence-electron chi connectivity index (χ4n) is 2.75. The summed E-state index contributed by atoms with van der Waals surface area (Å²) in [6.45, 7) is 0.230. The molecule has 4 nitrogen and oxygen atoms in total. The van der Waals surface area contributed by atoms with Gasteiger partial charge in [0.2, 0.25) is 0 Å². The summed E-state index contributed by atoms with van der Waals surface area (Å²) in [7, 11) is 0. The molecular weight excluding hydrogens is 551 g/mol. The molecule has 0 aliphatic rings. The highest BCUT2D eigenvalue weighted by atomic mass is 127. The predicted molar refractivity (Wildman–Crippen MR) is 124 cm³/mol. The van der Waals surface area contributed by atoms with E-state index in [1.165, 1.54) is 30.3 Å². The van der Waals surface area contributed by atoms with Gasteiger partial charge >= 0.3 is 6.18 Å². The molecule has 0 aromatic heterocycles. The standard InChI is InChI=1S/C24H15F4IN2O2/c25-19-7-4-15(5-8-19)14-33-22-9-6-16(11-21(22)29)10-17(13-30)23(32)31-20-3-1-2-18(12-20)24(26,27)28/h1-12H,14H2,(H,31,32)/b17-10-. The summed E-state index contributed by atoms with van der Waals surface area (Å²) in [6, 6.07) is 16.8. The van der Waals surface area contributed by atoms with Crippen LogP contribution in [0.25, 0.3) is 6.08 Å². The topological polar surface area (TPSA) is 62.1 Å². The smallest absolute Gasteiger partial charge is 0.416 e. The molecule has 3 aromatic carbocycles. The molecule has 1 N–H and O–H groups in total. The Kier molecular flexibility index (Phi) is 7.71. The van der Waals surface area contributed by atoms with E-state index in [1.54, 1.807) is 36.4 Å². The number of ether oxygens (including phenoxy) is 1. The van der Waals surface area contributed by atoms with Crippen molar-refractivity contribution in [2.24, 2.45) is 0 Å². The zero-order chi connectivity index (χ0) is 24.0. The summed E-state index contributed by atoms with van der Waals surface area (Å²) in [6.07, 6.45) is -3.22. The second-order valence-corrected chi connectivity index (χ2v) is 7.97. The third-order valence-corrected chi connectivity index (χ3v) is 5.23. The van der Waals surface area contributed by atoms with Gasteiger partial charge in [0, 0.05) is 5.69 Å². The van der Waals surface area contributed by atoms with E-state index in [0.29, 0.717) is 14.9 Å². The summed E-state index contributed by atoms with van der Waals surface area (Å²) >= 11 is 2.04. The molecule has 33 heavy (non-hydrogen) atoms. The number of carbonyl (C=O) groups excluding carboxylic acids is 1. The van der Waals surface area contributed by atoms with Gasteiger partial charge in [-0.1, -0.05) is 24.3 Å². The van der Waals surface area contributed by atoms with Crippen LogP contribution < -0.4 is 10.1 Å². The van der Waals surface area contributed by atoms with Gasteiger partial charge in [-0.2, -0.15) is 18.4 Å². The highest BCUT2D eigenvalue weighted by Gasteiger charge is 2.30. The summed E-state index contributed by atoms with van der Waals surface area (Å²) in [5, 5.41) is 11.7. The minimum Gasteiger partial charge on any atom is -0.488 e. The molecule has 0 aliphatic heterocycles. The summed E-state index contributed by atoms with van der Waals surface area (Å²) in [5.41, 5.74) is 0.0605. The van der Waals surface area contributed by atoms with Crippen LogP contribution in [0.15, 0.2) is 72.3 Å². The molecule has 1 amide bonds. The zero-order valence-corrected chi connectivity index (χ0v) is 18.9. The fraction of sp³-hybridized carbons (Fsp3) is 0.0833. The molecule has 0 fully saturated rings. The fourth-order valence-corrected chi connectivity index (χ4v) is 3.45. The van der Waals surface area contributed by atoms with Crippen molar-refractivity contribution in [2.75, 3.05) is 5.32 Å². The van der Waals surface area contributed by atoms with Crippen molar-refractivity contribution in [3.8, 4) is 11.8 Å². The summed E-state index contributed by atoms with van der Waals surface area (Å²) in [4.78, 5) is 12.4. The van der Waals surface area contributed by atoms with E-state index < -0.39 is 17.6 Å². The summed E-state index contributed by atoms with van der Waals surface area (Å²) in [5.74, 6) is -0.609. The van der Waals surface area contributed by atoms with Crippen LogP contribution in [0.5, 0.6) is 5.75 Å². The number of nitriles is 1. The van der Waals surface area contributed by atoms with Gasteiger partial charge in [-0.05, 0) is 82.3 Å². The van der Waals surface area contributed by atoms with Crippen LogP contribution in [0, 0.1) is 20.7 Å². The Labute approximate surface area is 200 Å². The number of benzene rings is 3. The van der Waals surface area contributed by atoms with Crippen LogP contribution >= 0.6 is 22.6 Å². The summed E-state index contributed by atoms with van der Waals surface area (Å²) < 4.78 is 58.0. The third-order valence-electron chi connectivity index (χ3n) is 4.39. The first kappa shape index (κ1) is 24.3. The Bertz CT molecular complexity index is 1230. The number of anilines is 1. The number of nitrogens with one attached hydrogen (secondary N) is 1. The molecule has 0 heterocycles. The SMILES string of the molecule is N#C/C(=C/c1ccc(OCc2ccc(F)cc2)c(I)c1)C(=O)Nc1cccc(C(F)(F)F)c1. The van der Waals surface area contributed by atoms with Crippen molar-refractivity contribution in [3.63, 3.8) is 0 Å². The van der Waals surface area contributed by atoms with Crippen LogP contribution in [0.2, 0.25) is 0 Å². The lowest BCUT2D eigenvalue weighted by Gasteiger charge is -2.10. The first-order valence-corrected chi connectivity index (χ1v) is 10.5. The number of hydrogen-bond donors (Lipinski definition) is 1. The van der Waals surface area contributed by atoms with E-state index >= 15 is 0 Å². The Morgan fingerprint density at radius 1 is 1.09 bits per heavy atom. The lowest BCUT2D eigenvalue weighted by atomic mass is 10.1. The maximum absolute atomic E-state index is 13.0. The number of halogens is 5. The highest BCUT2D eigenvalue weighted by Crippen LogP contribution is 2.31. The number of hydrogen-bond acceptors (Lipinski definition) is 3. The lowest BCUT2D eigenvalue weighted by Crippen LogP contribution is -2.14. The number of carbonyl (C=O) groups is 1. The van der Waals surface area contributed by atoms with Crippen molar-refractivity contribution in [1.82, 2.24) is 0 Å². The molecule has 168 valence electrons. The number of alkyl halides is 3. The van der Waals surface area contributed by atoms with Crippen LogP contribution in [0.1, 0.15) is 16.7 Å². The number of nitrogens with zero attached hydrogens (tertiary/aromatic N) is 1. The lowest BCUT2D eigenvalue weighted by molar-refractivity contribution is -0.137. The van der Waals surface area contributed by atoms with Gasteiger partial charge in [0.15, 0.2) is 0 Å². The second-order valence-electron chi connectivity index (χ2n) is 6.81. The van der Waals surface area contributed by atoms with Gasteiger partial charge in [0.05, 0.1) is 9.13 Å². The Morgan fingerprint density at radius 2 is 1.82 bits per heavy atom. The Balaban J connectivity index is 1.71. The van der Waals surface area contributed by atoms with E-state index in [2.05, 4.69) is 5.32 Å². The normalized spacial score (nSPS) is 11.6. The van der Waals surface area contributed by atoms with Crippen molar-refractivity contribution in [2.45, 2.75) is 12.8 Å². The van der Waals surface area contributed by atoms with Gasteiger partial charge in [-0.25, -0.2) is 4.39 Å². The maximum Gasteiger partial charge on any atom is 0.416 e. The average molecular weight is 566 g/mol. The number of amides is 1. The quantitative estimate of drug-likeness (QED) is 0.159. The minimum atomic E-state index is -4.55. The van der Waals surface area contributed by atoms with E-state index in [-0.39, 0.29) is 23.7 Å². The average Bonchev–Trinajstić information content (AvgIpc) is 2.77. The Hall–Kier alpha value is -3.39. The Morgan fingerprint density at radius 3 is 2.45 bits per heavy atom. The highest BCUT2D eigenvalue weighted by molar-refractivity contribution is 14.1. The van der Waals surface area contributed by atoms with E-state index in [1.807, 2.05) is 22.6 Å². The maximum atomic E-state index is 13.0. The zero-order valence-electron chi connectivity index (χ0n) is 16.8. The minimum absolute atomic E-state index is 0.0740. The van der Waals surface area contributed by atoms with E-state index in [9.17, 15) is 27.6 Å². The van der Waals surface area contributed by atoms with Crippen LogP contribution in [-0.2, 0) is 17.6 Å². The van der Waals surface area contributed by atoms with Crippen molar-refractivity contribution < 1.29 is 27.1 Å². The van der Waals surface area contributed by atoms with Crippen molar-refractivity contribution >= 4 is 40.3 Å². The van der Waals surface area contributed by atoms with Crippen LogP contribution in [0.4, 0.5) is 23.2 Å². The van der Waals surface area contributed by atoms with Gasteiger partial charge in [-0.15, -0.1) is 0 Å². The first-order valence-electron chi connectivity index (χ1n) is 9.43. The predicted octanol–water partition coefficient (Wildman–Crippen LogP) is 6.57. The van der Waals surface area contributed by atoms with Gasteiger partial charge in [0.25, 0.3) is 5.91 Å². The van der Waals surface area contributed by atoms with Crippen LogP contribution in [0.3, 0.4) is 0 Å². The van der Waals surface area contributed by atoms with Crippen molar-refractivity contribution in [1.29, 1.82) is 5.26 Å². The van der Waals surface area contributed by atoms with Crippen LogP contribution in [-0.4, -0.2) is 5.91 Å². The molecule has 0 unspecified atom stereocenters. The molecule has 9 heteroatoms. The van der Waals surface area contributed by atoms with Gasteiger partial charge in [-0.3, -0.25) is 4.79 Å². The molecule has 0 atom stereocenters. The van der Waals surface area contributed by atoms with E-state index in [4.69, 9.17) is 4.74 Å². The number of rotatable bonds is 6. The molecule has 0 aliphatic carbocycles. The van der Waals surface area contributed by atoms with Gasteiger partial charge in [0.1, 0.15) is 29.8 Å². The first-order chi connectivity index (χ1) is 15.7. The van der Waals surface area contributed by atoms with Crippen molar-refractivity contribution in [3.05, 3.63) is 98.4 Å². The molecule has 0 saturated carbocycles.